The molecule has 29 heavy (non-hydrogen) atoms. The fourth-order valence-corrected chi connectivity index (χ4v) is 6.16. The van der Waals surface area contributed by atoms with E-state index < -0.39 is 32.7 Å². The summed E-state index contributed by atoms with van der Waals surface area (Å²) in [6.07, 6.45) is -0.0659. The highest BCUT2D eigenvalue weighted by atomic mass is 31.2. The van der Waals surface area contributed by atoms with Crippen molar-refractivity contribution < 1.29 is 15.7 Å². The topological polar surface area (TPSA) is 106 Å². The van der Waals surface area contributed by atoms with Crippen LogP contribution in [0.3, 0.4) is 0 Å². The fourth-order valence-electron chi connectivity index (χ4n) is 4.11. The Kier molecular flexibility index (Phi) is 6.32. The van der Waals surface area contributed by atoms with Gasteiger partial charge in [-0.15, -0.1) is 0 Å². The van der Waals surface area contributed by atoms with Crippen LogP contribution >= 0.6 is 8.30 Å². The smallest absolute Gasteiger partial charge is 0.279 e. The summed E-state index contributed by atoms with van der Waals surface area (Å²) in [5, 5.41) is 10.2. The molecule has 9 nitrogen and oxygen atoms in total. The lowest BCUT2D eigenvalue weighted by atomic mass is 10.0. The molecule has 2 N–H and O–H groups in total. The van der Waals surface area contributed by atoms with Crippen LogP contribution in [0.4, 0.5) is 0 Å². The van der Waals surface area contributed by atoms with Crippen molar-refractivity contribution >= 4 is 19.5 Å². The maximum atomic E-state index is 12.2. The maximum absolute atomic E-state index is 12.2. The number of fused-ring (bicyclic) bond motifs is 1. The van der Waals surface area contributed by atoms with Crippen LogP contribution in [0.1, 0.15) is 48.0 Å². The van der Waals surface area contributed by atoms with Crippen molar-refractivity contribution in [3.8, 4) is 0 Å². The van der Waals surface area contributed by atoms with Crippen molar-refractivity contribution in [3.63, 3.8) is 0 Å². The molecule has 0 radical (unpaired) electrons. The molecule has 1 saturated heterocycles. The van der Waals surface area contributed by atoms with Crippen LogP contribution in [0.15, 0.2) is 11.1 Å². The highest BCUT2D eigenvalue weighted by Gasteiger charge is 2.46. The zero-order valence-electron chi connectivity index (χ0n) is 18.9. The standard InChI is InChI=1S/C19H32N5O4P/c1-10(2)24(11(3)4)29(7)28-16-12(5)27-19(14(16)8-25)23-9-20-15-17(23)21-13(6)22-18(15)26/h9-12,14,16,19,25H,8H2,1-7H3,(H,21,22,26)/t12-,14-,16?,19-,29?/m1/s1/i5D. The average Bonchev–Trinajstić information content (AvgIpc) is 3.21. The Morgan fingerprint density at radius 2 is 2.14 bits per heavy atom. The molecule has 2 aromatic heterocycles. The predicted octanol–water partition coefficient (Wildman–Crippen LogP) is 2.40. The molecule has 5 atom stereocenters. The van der Waals surface area contributed by atoms with Gasteiger partial charge in [0.05, 0.1) is 31.1 Å². The second kappa shape index (κ2) is 8.78. The summed E-state index contributed by atoms with van der Waals surface area (Å²) in [5.74, 6) is 0.0597. The van der Waals surface area contributed by atoms with Crippen molar-refractivity contribution in [2.24, 2.45) is 5.92 Å². The average molecular weight is 426 g/mol. The lowest BCUT2D eigenvalue weighted by molar-refractivity contribution is -0.0139. The summed E-state index contributed by atoms with van der Waals surface area (Å²) in [6.45, 7) is 12.1. The van der Waals surface area contributed by atoms with Gasteiger partial charge in [-0.1, -0.05) is 0 Å². The summed E-state index contributed by atoms with van der Waals surface area (Å²) in [7, 11) is -0.957. The van der Waals surface area contributed by atoms with Gasteiger partial charge in [-0.05, 0) is 48.2 Å². The summed E-state index contributed by atoms with van der Waals surface area (Å²) in [5.41, 5.74) is 0.297. The molecule has 0 spiro atoms. The molecule has 2 aromatic rings. The SMILES string of the molecule is [2H]C[C@H]1O[C@@H](n2cnc3c(=O)[nH]c(C)nc32)[C@H](CO)C1OP(C)N(C(C)C)C(C)C. The fraction of sp³-hybridized carbons (Fsp3) is 0.737. The van der Waals surface area contributed by atoms with Crippen LogP contribution in [0.25, 0.3) is 11.2 Å². The Bertz CT molecular complexity index is 912. The largest absolute Gasteiger partial charge is 0.396 e. The van der Waals surface area contributed by atoms with Gasteiger partial charge in [0, 0.05) is 13.5 Å². The van der Waals surface area contributed by atoms with Crippen molar-refractivity contribution in [2.75, 3.05) is 13.3 Å². The quantitative estimate of drug-likeness (QED) is 0.655. The number of aryl methyl sites for hydroxylation is 1. The molecule has 10 heteroatoms. The minimum atomic E-state index is -0.957. The third-order valence-electron chi connectivity index (χ3n) is 5.16. The molecule has 0 aliphatic carbocycles. The number of aromatic amines is 1. The molecule has 0 aromatic carbocycles. The van der Waals surface area contributed by atoms with Crippen molar-refractivity contribution in [2.45, 2.75) is 72.0 Å². The van der Waals surface area contributed by atoms with Gasteiger partial charge in [-0.25, -0.2) is 9.97 Å². The number of aliphatic hydroxyl groups is 1. The molecule has 3 heterocycles. The highest BCUT2D eigenvalue weighted by Crippen LogP contribution is 2.48. The van der Waals surface area contributed by atoms with Crippen molar-refractivity contribution in [1.82, 2.24) is 24.2 Å². The summed E-state index contributed by atoms with van der Waals surface area (Å²) in [6, 6.07) is 0.607. The monoisotopic (exact) mass is 426 g/mol. The number of rotatable bonds is 7. The molecule has 0 bridgehead atoms. The molecular formula is C19H32N5O4P. The van der Waals surface area contributed by atoms with Crippen LogP contribution in [0.2, 0.25) is 0 Å². The lowest BCUT2D eigenvalue weighted by Crippen LogP contribution is -2.36. The van der Waals surface area contributed by atoms with E-state index in [1.807, 2.05) is 0 Å². The third-order valence-corrected chi connectivity index (χ3v) is 7.28. The second-order valence-corrected chi connectivity index (χ2v) is 9.59. The maximum Gasteiger partial charge on any atom is 0.279 e. The van der Waals surface area contributed by atoms with Crippen LogP contribution < -0.4 is 5.56 Å². The molecule has 0 amide bonds. The Morgan fingerprint density at radius 1 is 1.45 bits per heavy atom. The number of hydrogen-bond acceptors (Lipinski definition) is 7. The minimum Gasteiger partial charge on any atom is -0.396 e. The number of aliphatic hydroxyl groups excluding tert-OH is 1. The first-order valence-corrected chi connectivity index (χ1v) is 11.5. The van der Waals surface area contributed by atoms with Crippen LogP contribution in [0.5, 0.6) is 0 Å². The van der Waals surface area contributed by atoms with Gasteiger partial charge in [-0.2, -0.15) is 0 Å². The first-order valence-electron chi connectivity index (χ1n) is 10.6. The number of nitrogens with one attached hydrogen (secondary N) is 1. The van der Waals surface area contributed by atoms with E-state index in [-0.39, 0.29) is 24.6 Å². The zero-order valence-corrected chi connectivity index (χ0v) is 18.8. The van der Waals surface area contributed by atoms with Gasteiger partial charge in [0.1, 0.15) is 20.4 Å². The van der Waals surface area contributed by atoms with Gasteiger partial charge in [0.25, 0.3) is 5.56 Å². The van der Waals surface area contributed by atoms with Gasteiger partial charge in [0.2, 0.25) is 0 Å². The predicted molar refractivity (Wildman–Crippen MR) is 113 cm³/mol. The molecule has 0 saturated carbocycles. The van der Waals surface area contributed by atoms with E-state index in [9.17, 15) is 9.90 Å². The van der Waals surface area contributed by atoms with E-state index in [0.29, 0.717) is 23.6 Å². The third kappa shape index (κ3) is 4.25. The van der Waals surface area contributed by atoms with Crippen LogP contribution in [0, 0.1) is 12.8 Å². The van der Waals surface area contributed by atoms with E-state index in [2.05, 4.69) is 54.0 Å². The Hall–Kier alpha value is -1.38. The highest BCUT2D eigenvalue weighted by molar-refractivity contribution is 7.49. The van der Waals surface area contributed by atoms with Gasteiger partial charge in [0.15, 0.2) is 11.2 Å². The molecular weight excluding hydrogens is 393 g/mol. The van der Waals surface area contributed by atoms with Crippen LogP contribution in [-0.4, -0.2) is 66.9 Å². The van der Waals surface area contributed by atoms with Crippen molar-refractivity contribution in [3.05, 3.63) is 22.5 Å². The Morgan fingerprint density at radius 3 is 2.72 bits per heavy atom. The molecule has 2 unspecified atom stereocenters. The van der Waals surface area contributed by atoms with Gasteiger partial charge < -0.3 is 19.4 Å². The van der Waals surface area contributed by atoms with E-state index in [1.165, 1.54) is 6.33 Å². The molecule has 162 valence electrons. The second-order valence-electron chi connectivity index (χ2n) is 7.99. The van der Waals surface area contributed by atoms with Gasteiger partial charge in [-0.3, -0.25) is 14.0 Å². The Labute approximate surface area is 173 Å². The summed E-state index contributed by atoms with van der Waals surface area (Å²) in [4.78, 5) is 23.4. The van der Waals surface area contributed by atoms with Crippen molar-refractivity contribution in [1.29, 1.82) is 0 Å². The van der Waals surface area contributed by atoms with Crippen LogP contribution in [-0.2, 0) is 9.26 Å². The number of aromatic nitrogens is 4. The molecule has 1 aliphatic rings. The number of imidazole rings is 1. The number of H-pyrrole nitrogens is 1. The molecule has 3 rings (SSSR count). The van der Waals surface area contributed by atoms with Gasteiger partial charge >= 0.3 is 0 Å². The lowest BCUT2D eigenvalue weighted by Gasteiger charge is -2.37. The first-order chi connectivity index (χ1) is 14.2. The molecule has 1 aliphatic heterocycles. The first kappa shape index (κ1) is 20.9. The van der Waals surface area contributed by atoms with E-state index in [1.54, 1.807) is 11.5 Å². The normalized spacial score (nSPS) is 26.8. The van der Waals surface area contributed by atoms with E-state index in [4.69, 9.17) is 10.6 Å². The number of hydrogen-bond donors (Lipinski definition) is 2. The number of ether oxygens (including phenoxy) is 1. The Balaban J connectivity index is 1.93. The number of nitrogens with zero attached hydrogens (tertiary/aromatic N) is 4. The summed E-state index contributed by atoms with van der Waals surface area (Å²) < 4.78 is 24.6. The summed E-state index contributed by atoms with van der Waals surface area (Å²) >= 11 is 0. The van der Waals surface area contributed by atoms with E-state index in [0.717, 1.165) is 0 Å². The molecule has 1 fully saturated rings. The zero-order chi connectivity index (χ0) is 22.2. The minimum absolute atomic E-state index is 0.00384. The van der Waals surface area contributed by atoms with E-state index >= 15 is 0 Å².